The van der Waals surface area contributed by atoms with Crippen LogP contribution in [0.2, 0.25) is 0 Å². The Morgan fingerprint density at radius 3 is 2.50 bits per heavy atom. The maximum Gasteiger partial charge on any atom is 0.264 e. The Balaban J connectivity index is 1.80. The van der Waals surface area contributed by atoms with Crippen molar-refractivity contribution in [2.45, 2.75) is 18.7 Å². The van der Waals surface area contributed by atoms with E-state index >= 15 is 0 Å². The number of aryl methyl sites for hydroxylation is 1. The van der Waals surface area contributed by atoms with Crippen molar-refractivity contribution in [3.05, 3.63) is 54.1 Å². The molecule has 32 heavy (non-hydrogen) atoms. The van der Waals surface area contributed by atoms with Crippen LogP contribution in [0.1, 0.15) is 12.5 Å². The van der Waals surface area contributed by atoms with E-state index in [1.165, 1.54) is 0 Å². The summed E-state index contributed by atoms with van der Waals surface area (Å²) in [5.74, 6) is 0.0343. The highest BCUT2D eigenvalue weighted by Crippen LogP contribution is 2.32. The molecule has 0 radical (unpaired) electrons. The third kappa shape index (κ3) is 6.21. The molecule has 0 unspecified atom stereocenters. The van der Waals surface area contributed by atoms with Crippen LogP contribution in [0.25, 0.3) is 0 Å². The summed E-state index contributed by atoms with van der Waals surface area (Å²) in [6.45, 7) is 7.89. The molecule has 174 valence electrons. The standard InChI is InChI=1S/C23H31N3O5S/c1-3-31-22-7-5-4-6-21(22)26(32(28,29)20-10-8-19(2)9-11-20)18-23(27)24-12-13-25-14-16-30-17-15-25/h4-11H,3,12-18H2,1-2H3,(H,24,27). The highest BCUT2D eigenvalue weighted by Gasteiger charge is 2.29. The van der Waals surface area contributed by atoms with Gasteiger partial charge in [0.2, 0.25) is 5.91 Å². The van der Waals surface area contributed by atoms with Gasteiger partial charge in [-0.05, 0) is 38.1 Å². The molecule has 0 atom stereocenters. The lowest BCUT2D eigenvalue weighted by molar-refractivity contribution is -0.119. The molecule has 1 aliphatic rings. The summed E-state index contributed by atoms with van der Waals surface area (Å²) in [6, 6.07) is 13.4. The lowest BCUT2D eigenvalue weighted by Gasteiger charge is -2.27. The summed E-state index contributed by atoms with van der Waals surface area (Å²) >= 11 is 0. The number of carbonyl (C=O) groups is 1. The van der Waals surface area contributed by atoms with Crippen LogP contribution in [-0.4, -0.2) is 71.8 Å². The van der Waals surface area contributed by atoms with E-state index in [0.717, 1.165) is 23.0 Å². The van der Waals surface area contributed by atoms with Gasteiger partial charge in [-0.2, -0.15) is 0 Å². The number of amides is 1. The molecule has 1 fully saturated rings. The van der Waals surface area contributed by atoms with Crippen LogP contribution in [0, 0.1) is 6.92 Å². The molecular formula is C23H31N3O5S. The molecule has 2 aromatic rings. The molecule has 8 nitrogen and oxygen atoms in total. The van der Waals surface area contributed by atoms with E-state index in [1.807, 2.05) is 13.8 Å². The van der Waals surface area contributed by atoms with Crippen LogP contribution in [-0.2, 0) is 19.6 Å². The van der Waals surface area contributed by atoms with Gasteiger partial charge in [0.25, 0.3) is 10.0 Å². The summed E-state index contributed by atoms with van der Waals surface area (Å²) in [4.78, 5) is 15.1. The predicted octanol–water partition coefficient (Wildman–Crippen LogP) is 2.04. The molecule has 1 amide bonds. The molecule has 2 aromatic carbocycles. The first kappa shape index (κ1) is 24.0. The molecular weight excluding hydrogens is 430 g/mol. The Hall–Kier alpha value is -2.62. The van der Waals surface area contributed by atoms with E-state index in [9.17, 15) is 13.2 Å². The Morgan fingerprint density at radius 2 is 1.81 bits per heavy atom. The predicted molar refractivity (Wildman–Crippen MR) is 124 cm³/mol. The first-order valence-electron chi connectivity index (χ1n) is 10.8. The molecule has 0 spiro atoms. The maximum atomic E-state index is 13.5. The van der Waals surface area contributed by atoms with Gasteiger partial charge >= 0.3 is 0 Å². The fraction of sp³-hybridized carbons (Fsp3) is 0.435. The number of nitrogens with one attached hydrogen (secondary N) is 1. The van der Waals surface area contributed by atoms with Crippen LogP contribution in [0.3, 0.4) is 0 Å². The van der Waals surface area contributed by atoms with Gasteiger partial charge in [0.1, 0.15) is 12.3 Å². The van der Waals surface area contributed by atoms with Crippen LogP contribution in [0.5, 0.6) is 5.75 Å². The zero-order chi connectivity index (χ0) is 23.0. The monoisotopic (exact) mass is 461 g/mol. The number of benzene rings is 2. The minimum absolute atomic E-state index is 0.121. The minimum Gasteiger partial charge on any atom is -0.492 e. The van der Waals surface area contributed by atoms with Gasteiger partial charge in [0.15, 0.2) is 0 Å². The molecule has 0 aliphatic carbocycles. The third-order valence-corrected chi connectivity index (χ3v) is 6.96. The normalized spacial score (nSPS) is 14.7. The second-order valence-corrected chi connectivity index (χ2v) is 9.39. The fourth-order valence-electron chi connectivity index (χ4n) is 3.44. The zero-order valence-electron chi connectivity index (χ0n) is 18.6. The number of ether oxygens (including phenoxy) is 2. The lowest BCUT2D eigenvalue weighted by Crippen LogP contribution is -2.45. The summed E-state index contributed by atoms with van der Waals surface area (Å²) in [6.07, 6.45) is 0. The second-order valence-electron chi connectivity index (χ2n) is 7.53. The summed E-state index contributed by atoms with van der Waals surface area (Å²) in [7, 11) is -3.99. The first-order chi connectivity index (χ1) is 15.4. The summed E-state index contributed by atoms with van der Waals surface area (Å²) < 4.78 is 39.2. The molecule has 1 aliphatic heterocycles. The van der Waals surface area contributed by atoms with Crippen molar-refractivity contribution < 1.29 is 22.7 Å². The molecule has 0 bridgehead atoms. The number of morpholine rings is 1. The largest absolute Gasteiger partial charge is 0.492 e. The third-order valence-electron chi connectivity index (χ3n) is 5.18. The second kappa shape index (κ2) is 11.3. The van der Waals surface area contributed by atoms with Crippen molar-refractivity contribution >= 4 is 21.6 Å². The first-order valence-corrected chi connectivity index (χ1v) is 12.2. The van der Waals surface area contributed by atoms with Crippen molar-refractivity contribution in [3.63, 3.8) is 0 Å². The molecule has 0 aromatic heterocycles. The average Bonchev–Trinajstić information content (AvgIpc) is 2.79. The van der Waals surface area contributed by atoms with Crippen LogP contribution < -0.4 is 14.4 Å². The van der Waals surface area contributed by atoms with Gasteiger partial charge in [-0.1, -0.05) is 29.8 Å². The van der Waals surface area contributed by atoms with Gasteiger partial charge in [-0.3, -0.25) is 14.0 Å². The quantitative estimate of drug-likeness (QED) is 0.583. The zero-order valence-corrected chi connectivity index (χ0v) is 19.4. The van der Waals surface area contributed by atoms with Crippen molar-refractivity contribution in [2.24, 2.45) is 0 Å². The SMILES string of the molecule is CCOc1ccccc1N(CC(=O)NCCN1CCOCC1)S(=O)(=O)c1ccc(C)cc1. The number of para-hydroxylation sites is 2. The van der Waals surface area contributed by atoms with Gasteiger partial charge in [0, 0.05) is 26.2 Å². The number of nitrogens with zero attached hydrogens (tertiary/aromatic N) is 2. The topological polar surface area (TPSA) is 88.2 Å². The summed E-state index contributed by atoms with van der Waals surface area (Å²) in [5.41, 5.74) is 1.28. The summed E-state index contributed by atoms with van der Waals surface area (Å²) in [5, 5.41) is 2.85. The van der Waals surface area contributed by atoms with Crippen molar-refractivity contribution in [1.82, 2.24) is 10.2 Å². The molecule has 0 saturated carbocycles. The smallest absolute Gasteiger partial charge is 0.264 e. The van der Waals surface area contributed by atoms with Gasteiger partial charge in [0.05, 0.1) is 30.4 Å². The highest BCUT2D eigenvalue weighted by atomic mass is 32.2. The van der Waals surface area contributed by atoms with E-state index in [2.05, 4.69) is 10.2 Å². The van der Waals surface area contributed by atoms with E-state index in [4.69, 9.17) is 9.47 Å². The number of hydrogen-bond donors (Lipinski definition) is 1. The van der Waals surface area contributed by atoms with Crippen LogP contribution in [0.4, 0.5) is 5.69 Å². The minimum atomic E-state index is -3.99. The van der Waals surface area contributed by atoms with Crippen molar-refractivity contribution in [1.29, 1.82) is 0 Å². The average molecular weight is 462 g/mol. The number of rotatable bonds is 10. The maximum absolute atomic E-state index is 13.5. The Labute approximate surface area is 190 Å². The van der Waals surface area contributed by atoms with Gasteiger partial charge < -0.3 is 14.8 Å². The number of carbonyl (C=O) groups excluding carboxylic acids is 1. The van der Waals surface area contributed by atoms with E-state index < -0.39 is 10.0 Å². The van der Waals surface area contributed by atoms with Crippen molar-refractivity contribution in [3.8, 4) is 5.75 Å². The molecule has 9 heteroatoms. The van der Waals surface area contributed by atoms with Crippen LogP contribution in [0.15, 0.2) is 53.4 Å². The van der Waals surface area contributed by atoms with E-state index in [1.54, 1.807) is 48.5 Å². The number of hydrogen-bond acceptors (Lipinski definition) is 6. The Morgan fingerprint density at radius 1 is 1.12 bits per heavy atom. The number of sulfonamides is 1. The Bertz CT molecular complexity index is 989. The Kier molecular flexibility index (Phi) is 8.49. The van der Waals surface area contributed by atoms with Gasteiger partial charge in [-0.25, -0.2) is 8.42 Å². The fourth-order valence-corrected chi connectivity index (χ4v) is 4.87. The van der Waals surface area contributed by atoms with Crippen molar-refractivity contribution in [2.75, 3.05) is 56.8 Å². The van der Waals surface area contributed by atoms with E-state index in [0.29, 0.717) is 44.3 Å². The van der Waals surface area contributed by atoms with Gasteiger partial charge in [-0.15, -0.1) is 0 Å². The molecule has 1 N–H and O–H groups in total. The highest BCUT2D eigenvalue weighted by molar-refractivity contribution is 7.92. The lowest BCUT2D eigenvalue weighted by atomic mass is 10.2. The van der Waals surface area contributed by atoms with Crippen LogP contribution >= 0.6 is 0 Å². The molecule has 3 rings (SSSR count). The van der Waals surface area contributed by atoms with E-state index in [-0.39, 0.29) is 17.3 Å². The molecule has 1 saturated heterocycles. The molecule has 1 heterocycles. The number of anilines is 1.